The fourth-order valence-corrected chi connectivity index (χ4v) is 4.47. The number of aromatic nitrogens is 1. The highest BCUT2D eigenvalue weighted by molar-refractivity contribution is 7.54. The van der Waals surface area contributed by atoms with Crippen molar-refractivity contribution in [3.8, 4) is 0 Å². The van der Waals surface area contributed by atoms with Crippen molar-refractivity contribution >= 4 is 35.1 Å². The lowest BCUT2D eigenvalue weighted by molar-refractivity contribution is 0.0361. The molecule has 0 aliphatic rings. The molecule has 1 aromatic carbocycles. The maximum atomic E-state index is 14.8. The second kappa shape index (κ2) is 7.86. The van der Waals surface area contributed by atoms with E-state index in [-0.39, 0.29) is 30.3 Å². The second-order valence-corrected chi connectivity index (χ2v) is 7.90. The molecule has 0 saturated heterocycles. The lowest BCUT2D eigenvalue weighted by Crippen LogP contribution is -2.18. The Morgan fingerprint density at radius 2 is 1.84 bits per heavy atom. The Kier molecular flexibility index (Phi) is 6.26. The van der Waals surface area contributed by atoms with E-state index in [1.165, 1.54) is 19.9 Å². The Hall–Kier alpha value is -1.41. The van der Waals surface area contributed by atoms with E-state index in [1.54, 1.807) is 6.92 Å². The van der Waals surface area contributed by atoms with Crippen molar-refractivity contribution in [2.24, 2.45) is 0 Å². The third-order valence-electron chi connectivity index (χ3n) is 3.13. The first kappa shape index (κ1) is 19.9. The van der Waals surface area contributed by atoms with E-state index in [0.29, 0.717) is 4.70 Å². The Balaban J connectivity index is 2.45. The van der Waals surface area contributed by atoms with Gasteiger partial charge in [-0.2, -0.15) is 8.78 Å². The molecule has 138 valence electrons. The average Bonchev–Trinajstić information content (AvgIpc) is 2.98. The maximum absolute atomic E-state index is 14.8. The molecule has 0 aliphatic carbocycles. The molecule has 0 fully saturated rings. The van der Waals surface area contributed by atoms with E-state index < -0.39 is 24.8 Å². The lowest BCUT2D eigenvalue weighted by Gasteiger charge is -2.25. The summed E-state index contributed by atoms with van der Waals surface area (Å²) >= 11 is 1.03. The van der Waals surface area contributed by atoms with E-state index in [0.717, 1.165) is 23.5 Å². The summed E-state index contributed by atoms with van der Waals surface area (Å²) in [5.74, 6) is -0.619. The second-order valence-electron chi connectivity index (χ2n) is 4.80. The van der Waals surface area contributed by atoms with E-state index in [9.17, 15) is 18.1 Å². The van der Waals surface area contributed by atoms with E-state index in [4.69, 9.17) is 13.8 Å². The van der Waals surface area contributed by atoms with Crippen LogP contribution < -0.4 is 0 Å². The number of benzene rings is 1. The monoisotopic (exact) mass is 393 g/mol. The van der Waals surface area contributed by atoms with Gasteiger partial charge < -0.3 is 13.8 Å². The van der Waals surface area contributed by atoms with Gasteiger partial charge in [-0.3, -0.25) is 4.57 Å². The number of ether oxygens (including phenoxy) is 1. The summed E-state index contributed by atoms with van der Waals surface area (Å²) < 4.78 is 56.9. The molecule has 6 nitrogen and oxygen atoms in total. The molecule has 0 bridgehead atoms. The van der Waals surface area contributed by atoms with Gasteiger partial charge in [0.25, 0.3) is 0 Å². The molecule has 0 atom stereocenters. The predicted molar refractivity (Wildman–Crippen MR) is 90.3 cm³/mol. The highest BCUT2D eigenvalue weighted by Crippen LogP contribution is 2.66. The van der Waals surface area contributed by atoms with E-state index in [2.05, 4.69) is 4.98 Å². The number of hydrogen-bond acceptors (Lipinski definition) is 7. The highest BCUT2D eigenvalue weighted by Gasteiger charge is 2.54. The molecule has 0 saturated carbocycles. The van der Waals surface area contributed by atoms with Crippen LogP contribution in [0.4, 0.5) is 8.78 Å². The molecule has 2 rings (SSSR count). The molecular formula is C15H18F2NO5PS. The topological polar surface area (TPSA) is 74.7 Å². The lowest BCUT2D eigenvalue weighted by atomic mass is 10.2. The molecule has 2 aromatic rings. The van der Waals surface area contributed by atoms with Crippen LogP contribution in [0, 0.1) is 0 Å². The average molecular weight is 393 g/mol. The van der Waals surface area contributed by atoms with Crippen LogP contribution in [0.25, 0.3) is 10.2 Å². The van der Waals surface area contributed by atoms with Gasteiger partial charge in [0, 0.05) is 5.56 Å². The molecule has 0 amide bonds. The largest absolute Gasteiger partial charge is 0.461 e. The fourth-order valence-electron chi connectivity index (χ4n) is 2.09. The molecule has 25 heavy (non-hydrogen) atoms. The minimum Gasteiger partial charge on any atom is -0.461 e. The van der Waals surface area contributed by atoms with Crippen LogP contribution in [-0.4, -0.2) is 30.8 Å². The zero-order valence-electron chi connectivity index (χ0n) is 14.0. The van der Waals surface area contributed by atoms with Crippen molar-refractivity contribution in [3.63, 3.8) is 0 Å². The molecule has 0 unspecified atom stereocenters. The number of halogens is 2. The van der Waals surface area contributed by atoms with E-state index >= 15 is 0 Å². The van der Waals surface area contributed by atoms with Crippen LogP contribution >= 0.6 is 18.9 Å². The van der Waals surface area contributed by atoms with Crippen molar-refractivity contribution in [1.82, 2.24) is 4.98 Å². The first-order chi connectivity index (χ1) is 11.8. The molecule has 10 heteroatoms. The van der Waals surface area contributed by atoms with Crippen molar-refractivity contribution in [3.05, 3.63) is 28.8 Å². The number of fused-ring (bicyclic) bond motifs is 1. The van der Waals surface area contributed by atoms with Crippen molar-refractivity contribution in [1.29, 1.82) is 0 Å². The molecule has 1 aromatic heterocycles. The molecule has 0 spiro atoms. The number of hydrogen-bond donors (Lipinski definition) is 0. The summed E-state index contributed by atoms with van der Waals surface area (Å²) in [6, 6.07) is 3.60. The van der Waals surface area contributed by atoms with E-state index in [1.807, 2.05) is 0 Å². The standard InChI is InChI=1S/C15H18F2NO5PS/c1-4-21-14(19)13-18-11-9-10(7-8-12(11)25-13)15(16,17)24(20,22-5-2)23-6-3/h7-9H,4-6H2,1-3H3. The van der Waals surface area contributed by atoms with Gasteiger partial charge in [-0.1, -0.05) is 6.07 Å². The highest BCUT2D eigenvalue weighted by atomic mass is 32.1. The van der Waals surface area contributed by atoms with Gasteiger partial charge in [-0.25, -0.2) is 9.78 Å². The zero-order valence-corrected chi connectivity index (χ0v) is 15.7. The van der Waals surface area contributed by atoms with Crippen molar-refractivity contribution in [2.45, 2.75) is 26.4 Å². The van der Waals surface area contributed by atoms with Gasteiger partial charge >= 0.3 is 19.2 Å². The number of thiazole rings is 1. The SMILES string of the molecule is CCOC(=O)c1nc2cc(C(F)(F)P(=O)(OCC)OCC)ccc2s1. The maximum Gasteiger partial charge on any atom is 0.404 e. The fraction of sp³-hybridized carbons (Fsp3) is 0.467. The Bertz CT molecular complexity index is 800. The number of carbonyl (C=O) groups is 1. The third-order valence-corrected chi connectivity index (χ3v) is 6.29. The van der Waals surface area contributed by atoms with Crippen molar-refractivity contribution in [2.75, 3.05) is 19.8 Å². The van der Waals surface area contributed by atoms with Gasteiger partial charge in [-0.05, 0) is 32.9 Å². The van der Waals surface area contributed by atoms with Gasteiger partial charge in [0.1, 0.15) is 0 Å². The zero-order chi connectivity index (χ0) is 18.7. The van der Waals surface area contributed by atoms with Crippen LogP contribution in [-0.2, 0) is 24.0 Å². The minimum absolute atomic E-state index is 0.0649. The Labute approximate surface area is 147 Å². The number of nitrogens with zero attached hydrogens (tertiary/aromatic N) is 1. The van der Waals surface area contributed by atoms with Crippen LogP contribution in [0.15, 0.2) is 18.2 Å². The third kappa shape index (κ3) is 3.89. The van der Waals surface area contributed by atoms with Crippen LogP contribution in [0.1, 0.15) is 36.1 Å². The Morgan fingerprint density at radius 3 is 2.40 bits per heavy atom. The first-order valence-corrected chi connectivity index (χ1v) is 10.00. The molecular weight excluding hydrogens is 375 g/mol. The molecule has 0 aliphatic heterocycles. The van der Waals surface area contributed by atoms with Gasteiger partial charge in [0.15, 0.2) is 0 Å². The van der Waals surface area contributed by atoms with Crippen LogP contribution in [0.5, 0.6) is 0 Å². The van der Waals surface area contributed by atoms with Gasteiger partial charge in [-0.15, -0.1) is 11.3 Å². The summed E-state index contributed by atoms with van der Waals surface area (Å²) in [5.41, 5.74) is -4.21. The number of alkyl halides is 2. The summed E-state index contributed by atoms with van der Waals surface area (Å²) in [4.78, 5) is 15.7. The predicted octanol–water partition coefficient (Wildman–Crippen LogP) is 4.79. The molecule has 1 heterocycles. The van der Waals surface area contributed by atoms with Gasteiger partial charge in [0.2, 0.25) is 5.01 Å². The Morgan fingerprint density at radius 1 is 1.20 bits per heavy atom. The van der Waals surface area contributed by atoms with Crippen LogP contribution in [0.3, 0.4) is 0 Å². The normalized spacial score (nSPS) is 12.5. The number of rotatable bonds is 8. The number of carbonyl (C=O) groups excluding carboxylic acids is 1. The van der Waals surface area contributed by atoms with Crippen LogP contribution in [0.2, 0.25) is 0 Å². The molecule has 0 radical (unpaired) electrons. The molecule has 0 N–H and O–H groups in total. The summed E-state index contributed by atoms with van der Waals surface area (Å²) in [6.45, 7) is 4.39. The summed E-state index contributed by atoms with van der Waals surface area (Å²) in [6.07, 6.45) is 0. The van der Waals surface area contributed by atoms with Gasteiger partial charge in [0.05, 0.1) is 30.0 Å². The smallest absolute Gasteiger partial charge is 0.404 e. The number of esters is 1. The summed E-state index contributed by atoms with van der Waals surface area (Å²) in [5, 5.41) is 0.0649. The first-order valence-electron chi connectivity index (χ1n) is 7.64. The summed E-state index contributed by atoms with van der Waals surface area (Å²) in [7, 11) is -4.69. The quantitative estimate of drug-likeness (QED) is 0.474. The minimum atomic E-state index is -4.69. The van der Waals surface area contributed by atoms with Crippen molar-refractivity contribution < 1.29 is 31.9 Å².